The zero-order valence-electron chi connectivity index (χ0n) is 24.0. The van der Waals surface area contributed by atoms with Crippen molar-refractivity contribution >= 4 is 65.9 Å². The standard InChI is InChI=1S/C39H26N4O/c1-43-38(28-18-14-24-8-2-3-10-27(24)20-28)41-37(33-22-40-23-35-36(33)31-12-6-7-13-34(31)44-35)42-39(43)29-19-17-26-16-15-25-9-4-5-11-30(25)32(26)21-29/h2-23,39H,1H3. The maximum absolute atomic E-state index is 6.19. The number of amidine groups is 2. The second kappa shape index (κ2) is 9.61. The predicted octanol–water partition coefficient (Wildman–Crippen LogP) is 9.28. The minimum absolute atomic E-state index is 0.305. The number of hydrogen-bond donors (Lipinski definition) is 0. The first kappa shape index (κ1) is 24.8. The Morgan fingerprint density at radius 1 is 0.614 bits per heavy atom. The van der Waals surface area contributed by atoms with Crippen LogP contribution in [0.1, 0.15) is 22.9 Å². The van der Waals surface area contributed by atoms with Crippen molar-refractivity contribution in [2.24, 2.45) is 9.98 Å². The minimum atomic E-state index is -0.305. The fraction of sp³-hybridized carbons (Fsp3) is 0.0513. The molecule has 0 N–H and O–H groups in total. The summed E-state index contributed by atoms with van der Waals surface area (Å²) < 4.78 is 6.19. The number of aromatic nitrogens is 1. The number of furan rings is 1. The zero-order valence-corrected chi connectivity index (χ0v) is 24.0. The van der Waals surface area contributed by atoms with Gasteiger partial charge in [-0.2, -0.15) is 0 Å². The molecule has 1 aliphatic rings. The molecule has 1 atom stereocenters. The smallest absolute Gasteiger partial charge is 0.161 e. The molecule has 0 aliphatic carbocycles. The number of aliphatic imine (C=N–C) groups is 2. The van der Waals surface area contributed by atoms with E-state index in [9.17, 15) is 0 Å². The van der Waals surface area contributed by atoms with Crippen molar-refractivity contribution in [3.63, 3.8) is 0 Å². The van der Waals surface area contributed by atoms with Crippen LogP contribution in [0.2, 0.25) is 0 Å². The van der Waals surface area contributed by atoms with E-state index in [0.717, 1.165) is 44.5 Å². The van der Waals surface area contributed by atoms with Crippen molar-refractivity contribution < 1.29 is 4.42 Å². The van der Waals surface area contributed by atoms with Gasteiger partial charge in [-0.25, -0.2) is 9.98 Å². The van der Waals surface area contributed by atoms with E-state index in [0.29, 0.717) is 5.84 Å². The Morgan fingerprint density at radius 3 is 2.20 bits per heavy atom. The first-order valence-corrected chi connectivity index (χ1v) is 14.8. The SMILES string of the molecule is CN1C(c2ccc3ccccc3c2)=NC(c2cncc3oc4ccccc4c23)=NC1c1ccc2ccc3ccccc3c2c1. The fourth-order valence-electron chi connectivity index (χ4n) is 6.58. The van der Waals surface area contributed by atoms with Crippen LogP contribution in [0.25, 0.3) is 54.3 Å². The molecule has 3 heterocycles. The van der Waals surface area contributed by atoms with Gasteiger partial charge in [0, 0.05) is 35.1 Å². The molecular weight excluding hydrogens is 540 g/mol. The molecule has 0 radical (unpaired) electrons. The summed E-state index contributed by atoms with van der Waals surface area (Å²) in [5, 5.41) is 9.24. The molecule has 208 valence electrons. The van der Waals surface area contributed by atoms with Crippen LogP contribution in [-0.2, 0) is 0 Å². The van der Waals surface area contributed by atoms with Crippen molar-refractivity contribution in [2.75, 3.05) is 7.05 Å². The number of benzene rings is 6. The molecule has 5 heteroatoms. The van der Waals surface area contributed by atoms with E-state index >= 15 is 0 Å². The summed E-state index contributed by atoms with van der Waals surface area (Å²) in [5.74, 6) is 1.49. The average molecular weight is 567 g/mol. The third-order valence-electron chi connectivity index (χ3n) is 8.76. The molecule has 0 amide bonds. The van der Waals surface area contributed by atoms with Gasteiger partial charge in [-0.05, 0) is 56.1 Å². The van der Waals surface area contributed by atoms with Crippen molar-refractivity contribution in [1.82, 2.24) is 9.88 Å². The molecule has 0 saturated carbocycles. The van der Waals surface area contributed by atoms with Gasteiger partial charge in [0.15, 0.2) is 17.6 Å². The molecule has 0 bridgehead atoms. The third kappa shape index (κ3) is 3.83. The number of nitrogens with zero attached hydrogens (tertiary/aromatic N) is 4. The van der Waals surface area contributed by atoms with Gasteiger partial charge >= 0.3 is 0 Å². The van der Waals surface area contributed by atoms with Gasteiger partial charge in [0.05, 0.1) is 6.20 Å². The molecule has 9 rings (SSSR count). The largest absolute Gasteiger partial charge is 0.454 e. The molecule has 1 aliphatic heterocycles. The molecule has 1 unspecified atom stereocenters. The van der Waals surface area contributed by atoms with Crippen LogP contribution in [-0.4, -0.2) is 28.6 Å². The van der Waals surface area contributed by atoms with E-state index in [1.807, 2.05) is 24.4 Å². The molecule has 6 aromatic carbocycles. The minimum Gasteiger partial charge on any atom is -0.454 e. The lowest BCUT2D eigenvalue weighted by molar-refractivity contribution is 0.383. The average Bonchev–Trinajstić information content (AvgIpc) is 3.47. The van der Waals surface area contributed by atoms with Gasteiger partial charge < -0.3 is 9.32 Å². The van der Waals surface area contributed by atoms with E-state index in [4.69, 9.17) is 14.4 Å². The third-order valence-corrected chi connectivity index (χ3v) is 8.76. The van der Waals surface area contributed by atoms with E-state index in [2.05, 4.69) is 120 Å². The van der Waals surface area contributed by atoms with Gasteiger partial charge in [0.25, 0.3) is 0 Å². The van der Waals surface area contributed by atoms with Crippen LogP contribution < -0.4 is 0 Å². The van der Waals surface area contributed by atoms with E-state index < -0.39 is 0 Å². The van der Waals surface area contributed by atoms with Crippen molar-refractivity contribution in [1.29, 1.82) is 0 Å². The Kier molecular flexibility index (Phi) is 5.41. The number of pyridine rings is 1. The molecule has 0 saturated heterocycles. The van der Waals surface area contributed by atoms with Crippen molar-refractivity contribution in [3.8, 4) is 0 Å². The summed E-state index contributed by atoms with van der Waals surface area (Å²) in [6, 6.07) is 42.6. The highest BCUT2D eigenvalue weighted by Gasteiger charge is 2.28. The molecule has 8 aromatic rings. The van der Waals surface area contributed by atoms with Crippen LogP contribution in [0.5, 0.6) is 0 Å². The van der Waals surface area contributed by atoms with Gasteiger partial charge in [0.1, 0.15) is 11.4 Å². The first-order chi connectivity index (χ1) is 21.7. The Labute approximate surface area is 253 Å². The Bertz CT molecular complexity index is 2490. The second-order valence-corrected chi connectivity index (χ2v) is 11.4. The Balaban J connectivity index is 1.29. The van der Waals surface area contributed by atoms with Crippen molar-refractivity contribution in [3.05, 3.63) is 150 Å². The van der Waals surface area contributed by atoms with E-state index in [1.165, 1.54) is 32.3 Å². The van der Waals surface area contributed by atoms with Crippen LogP contribution in [0.3, 0.4) is 0 Å². The fourth-order valence-corrected chi connectivity index (χ4v) is 6.58. The summed E-state index contributed by atoms with van der Waals surface area (Å²) in [7, 11) is 2.08. The van der Waals surface area contributed by atoms with Crippen LogP contribution >= 0.6 is 0 Å². The molecule has 5 nitrogen and oxygen atoms in total. The highest BCUT2D eigenvalue weighted by atomic mass is 16.3. The summed E-state index contributed by atoms with van der Waals surface area (Å²) >= 11 is 0. The number of rotatable bonds is 3. The van der Waals surface area contributed by atoms with Crippen molar-refractivity contribution in [2.45, 2.75) is 6.17 Å². The van der Waals surface area contributed by atoms with Gasteiger partial charge in [-0.15, -0.1) is 0 Å². The number of hydrogen-bond acceptors (Lipinski definition) is 5. The highest BCUT2D eigenvalue weighted by Crippen LogP contribution is 2.36. The lowest BCUT2D eigenvalue weighted by Crippen LogP contribution is -2.35. The Hall–Kier alpha value is -5.81. The zero-order chi connectivity index (χ0) is 29.2. The molecule has 0 fully saturated rings. The maximum atomic E-state index is 6.19. The molecule has 2 aromatic heterocycles. The summed E-state index contributed by atoms with van der Waals surface area (Å²) in [4.78, 5) is 17.3. The van der Waals surface area contributed by atoms with Crippen LogP contribution in [0.15, 0.2) is 148 Å². The van der Waals surface area contributed by atoms with Gasteiger partial charge in [-0.3, -0.25) is 4.98 Å². The van der Waals surface area contributed by atoms with E-state index in [-0.39, 0.29) is 6.17 Å². The normalized spacial score (nSPS) is 15.4. The lowest BCUT2D eigenvalue weighted by Gasteiger charge is -2.32. The topological polar surface area (TPSA) is 54.0 Å². The first-order valence-electron chi connectivity index (χ1n) is 14.8. The van der Waals surface area contributed by atoms with Gasteiger partial charge in [0.2, 0.25) is 0 Å². The number of fused-ring (bicyclic) bond motifs is 7. The Morgan fingerprint density at radius 2 is 1.32 bits per heavy atom. The predicted molar refractivity (Wildman–Crippen MR) is 180 cm³/mol. The summed E-state index contributed by atoms with van der Waals surface area (Å²) in [6.07, 6.45) is 3.33. The second-order valence-electron chi connectivity index (χ2n) is 11.4. The van der Waals surface area contributed by atoms with Crippen LogP contribution in [0, 0.1) is 0 Å². The maximum Gasteiger partial charge on any atom is 0.161 e. The quantitative estimate of drug-likeness (QED) is 0.200. The van der Waals surface area contributed by atoms with E-state index in [1.54, 1.807) is 6.20 Å². The summed E-state index contributed by atoms with van der Waals surface area (Å²) in [6.45, 7) is 0. The monoisotopic (exact) mass is 566 g/mol. The highest BCUT2D eigenvalue weighted by molar-refractivity contribution is 6.21. The molecule has 0 spiro atoms. The van der Waals surface area contributed by atoms with Crippen LogP contribution in [0.4, 0.5) is 0 Å². The molecular formula is C39H26N4O. The number of para-hydroxylation sites is 1. The molecule has 44 heavy (non-hydrogen) atoms. The summed E-state index contributed by atoms with van der Waals surface area (Å²) in [5.41, 5.74) is 4.53. The van der Waals surface area contributed by atoms with Gasteiger partial charge in [-0.1, -0.05) is 103 Å². The lowest BCUT2D eigenvalue weighted by atomic mass is 9.98.